The number of hydrogen-bond donors (Lipinski definition) is 2. The quantitative estimate of drug-likeness (QED) is 0.477. The number of fused-ring (bicyclic) bond motifs is 1. The number of nitrogens with zero attached hydrogens (tertiary/aromatic N) is 7. The topological polar surface area (TPSA) is 123 Å². The molecule has 0 aromatic carbocycles. The smallest absolute Gasteiger partial charge is 0.237 e. The second-order valence-electron chi connectivity index (χ2n) is 11.8. The van der Waals surface area contributed by atoms with Crippen LogP contribution >= 0.6 is 11.3 Å². The highest BCUT2D eigenvalue weighted by molar-refractivity contribution is 7.16. The molecule has 5 heterocycles. The highest BCUT2D eigenvalue weighted by atomic mass is 32.1. The first-order chi connectivity index (χ1) is 19.3. The van der Waals surface area contributed by atoms with Crippen LogP contribution < -0.4 is 20.9 Å². The summed E-state index contributed by atoms with van der Waals surface area (Å²) in [6, 6.07) is 7.60. The minimum absolute atomic E-state index is 0.437. The molecule has 2 atom stereocenters. The highest BCUT2D eigenvalue weighted by Gasteiger charge is 2.43. The number of pyridine rings is 1. The summed E-state index contributed by atoms with van der Waals surface area (Å²) in [6.07, 6.45) is 2.72. The number of anilines is 3. The average molecular weight is 562 g/mol. The molecule has 2 saturated heterocycles. The van der Waals surface area contributed by atoms with Crippen molar-refractivity contribution >= 4 is 27.8 Å². The lowest BCUT2D eigenvalue weighted by Crippen LogP contribution is -2.54. The van der Waals surface area contributed by atoms with E-state index in [4.69, 9.17) is 20.2 Å². The summed E-state index contributed by atoms with van der Waals surface area (Å²) in [6.45, 7) is 15.6. The van der Waals surface area contributed by atoms with E-state index < -0.39 is 5.41 Å². The van der Waals surface area contributed by atoms with Gasteiger partial charge in [-0.05, 0) is 53.0 Å². The van der Waals surface area contributed by atoms with Gasteiger partial charge in [-0.2, -0.15) is 10.2 Å². The summed E-state index contributed by atoms with van der Waals surface area (Å²) in [7, 11) is 0. The molecule has 10 nitrogen and oxygen atoms in total. The molecule has 2 aliphatic heterocycles. The molecule has 3 aromatic rings. The van der Waals surface area contributed by atoms with Crippen molar-refractivity contribution in [1.29, 1.82) is 5.26 Å². The number of nitrogens with two attached hydrogens (primary N) is 1. The van der Waals surface area contributed by atoms with Crippen molar-refractivity contribution in [2.24, 2.45) is 0 Å². The monoisotopic (exact) mass is 561 g/mol. The maximum atomic E-state index is 9.88. The Morgan fingerprint density at radius 3 is 2.70 bits per heavy atom. The molecular weight excluding hydrogens is 522 g/mol. The van der Waals surface area contributed by atoms with Gasteiger partial charge in [0.25, 0.3) is 0 Å². The van der Waals surface area contributed by atoms with Gasteiger partial charge >= 0.3 is 0 Å². The molecule has 0 amide bonds. The fraction of sp³-hybridized carbons (Fsp3) is 0.586. The fourth-order valence-electron chi connectivity index (χ4n) is 6.69. The van der Waals surface area contributed by atoms with Crippen molar-refractivity contribution in [3.05, 3.63) is 34.0 Å². The van der Waals surface area contributed by atoms with Crippen molar-refractivity contribution in [2.75, 3.05) is 61.3 Å². The zero-order valence-corrected chi connectivity index (χ0v) is 24.7. The van der Waals surface area contributed by atoms with Gasteiger partial charge in [-0.25, -0.2) is 4.98 Å². The van der Waals surface area contributed by atoms with E-state index >= 15 is 0 Å². The minimum atomic E-state index is -0.556. The van der Waals surface area contributed by atoms with Crippen LogP contribution in [-0.4, -0.2) is 77.9 Å². The van der Waals surface area contributed by atoms with Crippen molar-refractivity contribution in [3.8, 4) is 17.6 Å². The lowest BCUT2D eigenvalue weighted by Gasteiger charge is -2.42. The van der Waals surface area contributed by atoms with E-state index in [1.165, 1.54) is 11.3 Å². The Morgan fingerprint density at radius 1 is 1.18 bits per heavy atom. The molecule has 6 rings (SSSR count). The van der Waals surface area contributed by atoms with Crippen LogP contribution in [0.2, 0.25) is 0 Å². The van der Waals surface area contributed by atoms with E-state index in [2.05, 4.69) is 71.1 Å². The zero-order chi connectivity index (χ0) is 28.0. The Kier molecular flexibility index (Phi) is 7.19. The summed E-state index contributed by atoms with van der Waals surface area (Å²) in [5, 5.41) is 18.4. The third-order valence-electron chi connectivity index (χ3n) is 8.82. The van der Waals surface area contributed by atoms with Crippen molar-refractivity contribution in [3.63, 3.8) is 0 Å². The van der Waals surface area contributed by atoms with Gasteiger partial charge in [-0.3, -0.25) is 4.90 Å². The average Bonchev–Trinajstić information content (AvgIpc) is 3.59. The summed E-state index contributed by atoms with van der Waals surface area (Å²) in [5.74, 6) is 1.96. The molecule has 40 heavy (non-hydrogen) atoms. The van der Waals surface area contributed by atoms with Crippen molar-refractivity contribution in [2.45, 2.75) is 64.5 Å². The summed E-state index contributed by atoms with van der Waals surface area (Å²) in [4.78, 5) is 18.5. The first kappa shape index (κ1) is 27.0. The van der Waals surface area contributed by atoms with E-state index in [-0.39, 0.29) is 0 Å². The summed E-state index contributed by atoms with van der Waals surface area (Å²) in [5.41, 5.74) is 9.04. The van der Waals surface area contributed by atoms with Gasteiger partial charge in [0.1, 0.15) is 22.6 Å². The lowest BCUT2D eigenvalue weighted by molar-refractivity contribution is 0.148. The number of aromatic nitrogens is 3. The normalized spacial score (nSPS) is 23.9. The van der Waals surface area contributed by atoms with Crippen molar-refractivity contribution < 1.29 is 4.52 Å². The minimum Gasteiger partial charge on any atom is -0.389 e. The number of rotatable bonds is 5. The molecule has 0 radical (unpaired) electrons. The molecule has 0 spiro atoms. The molecule has 3 N–H and O–H groups in total. The standard InChI is InChI=1S/C29H39N9OS/c1-18(2)38-13-12-37(17-19(38)3)24-15-20(36-10-8-32-9-11-36)14-22(33-24)27-34-28(39-35-27)29(4)7-5-6-23-25(29)21(16-30)26(31)40-23/h14-15,18-19,32H,5-13,17,31H2,1-4H3. The number of nitrogens with one attached hydrogen (secondary N) is 1. The van der Waals surface area contributed by atoms with Gasteiger partial charge in [-0.1, -0.05) is 5.16 Å². The van der Waals surface area contributed by atoms with E-state index in [1.54, 1.807) is 0 Å². The maximum absolute atomic E-state index is 9.88. The molecule has 11 heteroatoms. The number of aryl methyl sites for hydroxylation is 1. The number of thiophene rings is 1. The van der Waals surface area contributed by atoms with Gasteiger partial charge < -0.3 is 25.4 Å². The molecule has 3 aliphatic rings. The fourth-order valence-corrected chi connectivity index (χ4v) is 7.88. The van der Waals surface area contributed by atoms with Crippen LogP contribution in [0, 0.1) is 11.3 Å². The molecule has 3 aromatic heterocycles. The van der Waals surface area contributed by atoms with Gasteiger partial charge in [0.2, 0.25) is 11.7 Å². The Labute approximate surface area is 240 Å². The molecule has 2 fully saturated rings. The van der Waals surface area contributed by atoms with Crippen LogP contribution in [0.4, 0.5) is 16.5 Å². The van der Waals surface area contributed by atoms with Gasteiger partial charge in [0, 0.05) is 80.1 Å². The molecule has 2 unspecified atom stereocenters. The first-order valence-corrected chi connectivity index (χ1v) is 15.2. The maximum Gasteiger partial charge on any atom is 0.237 e. The second kappa shape index (κ2) is 10.7. The summed E-state index contributed by atoms with van der Waals surface area (Å²) >= 11 is 1.51. The van der Waals surface area contributed by atoms with Crippen LogP contribution in [0.15, 0.2) is 16.7 Å². The zero-order valence-electron chi connectivity index (χ0n) is 23.9. The Morgan fingerprint density at radius 2 is 1.98 bits per heavy atom. The van der Waals surface area contributed by atoms with Crippen LogP contribution in [0.25, 0.3) is 11.5 Å². The first-order valence-electron chi connectivity index (χ1n) is 14.4. The summed E-state index contributed by atoms with van der Waals surface area (Å²) < 4.78 is 5.96. The van der Waals surface area contributed by atoms with E-state index in [0.717, 1.165) is 87.0 Å². The predicted octanol–water partition coefficient (Wildman–Crippen LogP) is 3.62. The van der Waals surface area contributed by atoms with Gasteiger partial charge in [0.05, 0.1) is 11.0 Å². The second-order valence-corrected chi connectivity index (χ2v) is 12.9. The Bertz CT molecular complexity index is 1420. The molecule has 1 aliphatic carbocycles. The predicted molar refractivity (Wildman–Crippen MR) is 159 cm³/mol. The Hall–Kier alpha value is -3.20. The third kappa shape index (κ3) is 4.72. The highest BCUT2D eigenvalue weighted by Crippen LogP contribution is 2.48. The Balaban J connectivity index is 1.37. The van der Waals surface area contributed by atoms with Gasteiger partial charge in [-0.15, -0.1) is 11.3 Å². The lowest BCUT2D eigenvalue weighted by atomic mass is 9.72. The number of nitrogen functional groups attached to an aromatic ring is 1. The molecule has 0 bridgehead atoms. The van der Waals surface area contributed by atoms with Crippen LogP contribution in [0.5, 0.6) is 0 Å². The van der Waals surface area contributed by atoms with Crippen LogP contribution in [-0.2, 0) is 11.8 Å². The van der Waals surface area contributed by atoms with Crippen molar-refractivity contribution in [1.82, 2.24) is 25.3 Å². The number of hydrogen-bond acceptors (Lipinski definition) is 11. The third-order valence-corrected chi connectivity index (χ3v) is 9.90. The van der Waals surface area contributed by atoms with E-state index in [1.807, 2.05) is 0 Å². The van der Waals surface area contributed by atoms with Crippen LogP contribution in [0.1, 0.15) is 62.4 Å². The number of piperazine rings is 2. The largest absolute Gasteiger partial charge is 0.389 e. The molecule has 212 valence electrons. The number of nitriles is 1. The SMILES string of the molecule is CC(C)N1CCN(c2cc(N3CCNCC3)cc(-c3noc(C4(C)CCCc5sc(N)c(C#N)c54)n3)n2)CC1C. The van der Waals surface area contributed by atoms with E-state index in [9.17, 15) is 5.26 Å². The van der Waals surface area contributed by atoms with E-state index in [0.29, 0.717) is 40.1 Å². The van der Waals surface area contributed by atoms with Crippen LogP contribution in [0.3, 0.4) is 0 Å². The van der Waals surface area contributed by atoms with Gasteiger partial charge in [0.15, 0.2) is 0 Å². The molecule has 0 saturated carbocycles. The molecular formula is C29H39N9OS.